The molecule has 0 atom stereocenters. The molecule has 0 bridgehead atoms. The lowest BCUT2D eigenvalue weighted by molar-refractivity contribution is 1.19. The minimum absolute atomic E-state index is 0.00200. The molecule has 2 aromatic heterocycles. The van der Waals surface area contributed by atoms with Crippen molar-refractivity contribution in [2.24, 2.45) is 0 Å². The van der Waals surface area contributed by atoms with Gasteiger partial charge in [-0.05, 0) is 83.1 Å². The third-order valence-corrected chi connectivity index (χ3v) is 9.82. The lowest BCUT2D eigenvalue weighted by Crippen LogP contribution is -2.61. The molecular formula is C39H23BN2O2. The fourth-order valence-corrected chi connectivity index (χ4v) is 8.09. The third-order valence-electron chi connectivity index (χ3n) is 9.82. The molecule has 0 amide bonds. The summed E-state index contributed by atoms with van der Waals surface area (Å²) < 4.78 is 2.15. The molecule has 0 spiro atoms. The van der Waals surface area contributed by atoms with E-state index in [1.54, 1.807) is 0 Å². The first-order valence-electron chi connectivity index (χ1n) is 15.0. The summed E-state index contributed by atoms with van der Waals surface area (Å²) in [7, 11) is 0. The Bertz CT molecular complexity index is 2650. The predicted molar refractivity (Wildman–Crippen MR) is 182 cm³/mol. The number of anilines is 3. The van der Waals surface area contributed by atoms with E-state index in [2.05, 4.69) is 94.2 Å². The monoisotopic (exact) mass is 562 g/mol. The van der Waals surface area contributed by atoms with Crippen molar-refractivity contribution in [1.82, 2.24) is 4.40 Å². The molecular weight excluding hydrogens is 539 g/mol. The van der Waals surface area contributed by atoms with E-state index >= 15 is 0 Å². The maximum Gasteiger partial charge on any atom is 0.247 e. The van der Waals surface area contributed by atoms with Crippen LogP contribution < -0.4 is 32.1 Å². The number of nitrogens with zero attached hydrogens (tertiary/aromatic N) is 2. The summed E-state index contributed by atoms with van der Waals surface area (Å²) in [5, 5.41) is 2.57. The molecule has 2 aliphatic heterocycles. The van der Waals surface area contributed by atoms with Crippen LogP contribution in [-0.4, -0.2) is 11.1 Å². The van der Waals surface area contributed by atoms with Crippen LogP contribution in [0.1, 0.15) is 11.1 Å². The fourth-order valence-electron chi connectivity index (χ4n) is 8.09. The van der Waals surface area contributed by atoms with E-state index in [0.29, 0.717) is 28.1 Å². The number of aromatic nitrogens is 1. The Labute approximate surface area is 252 Å². The Kier molecular flexibility index (Phi) is 4.58. The fraction of sp³-hybridized carbons (Fsp3) is 0.0256. The smallest absolute Gasteiger partial charge is 0.247 e. The van der Waals surface area contributed by atoms with Gasteiger partial charge in [-0.3, -0.25) is 9.59 Å². The number of pyridine rings is 2. The number of fused-ring (bicyclic) bond motifs is 9. The SMILES string of the molecule is O=c1c2ccccc2n2c3ccc4c(c3c(=O)c3cccc1c32)Cc1cccc2c1B4c1ccccc1N2c1ccccc1. The zero-order valence-electron chi connectivity index (χ0n) is 23.6. The average molecular weight is 562 g/mol. The van der Waals surface area contributed by atoms with E-state index in [-0.39, 0.29) is 17.6 Å². The first-order chi connectivity index (χ1) is 21.7. The Balaban J connectivity index is 1.35. The Morgan fingerprint density at radius 2 is 1.25 bits per heavy atom. The van der Waals surface area contributed by atoms with Crippen molar-refractivity contribution in [3.8, 4) is 0 Å². The normalized spacial score (nSPS) is 13.5. The lowest BCUT2D eigenvalue weighted by Gasteiger charge is -2.40. The van der Waals surface area contributed by atoms with Gasteiger partial charge in [0.2, 0.25) is 6.71 Å². The van der Waals surface area contributed by atoms with Crippen LogP contribution in [0.2, 0.25) is 0 Å². The van der Waals surface area contributed by atoms with Gasteiger partial charge in [-0.25, -0.2) is 0 Å². The van der Waals surface area contributed by atoms with E-state index in [1.807, 2.05) is 42.5 Å². The van der Waals surface area contributed by atoms with Gasteiger partial charge in [-0.1, -0.05) is 78.3 Å². The van der Waals surface area contributed by atoms with Gasteiger partial charge < -0.3 is 9.30 Å². The summed E-state index contributed by atoms with van der Waals surface area (Å²) in [6.07, 6.45) is 0.665. The van der Waals surface area contributed by atoms with Gasteiger partial charge in [0.15, 0.2) is 10.9 Å². The van der Waals surface area contributed by atoms with Crippen LogP contribution in [0.3, 0.4) is 0 Å². The molecule has 44 heavy (non-hydrogen) atoms. The van der Waals surface area contributed by atoms with Gasteiger partial charge >= 0.3 is 0 Å². The molecule has 0 saturated carbocycles. The van der Waals surface area contributed by atoms with Gasteiger partial charge in [-0.2, -0.15) is 0 Å². The second kappa shape index (κ2) is 8.45. The Hall–Kier alpha value is -5.68. The maximum absolute atomic E-state index is 14.6. The van der Waals surface area contributed by atoms with E-state index in [0.717, 1.165) is 33.4 Å². The summed E-state index contributed by atoms with van der Waals surface area (Å²) in [5.74, 6) is 0. The van der Waals surface area contributed by atoms with Crippen LogP contribution in [-0.2, 0) is 6.42 Å². The van der Waals surface area contributed by atoms with E-state index in [4.69, 9.17) is 0 Å². The second-order valence-electron chi connectivity index (χ2n) is 11.9. The molecule has 10 rings (SSSR count). The molecule has 0 radical (unpaired) electrons. The molecule has 0 saturated heterocycles. The van der Waals surface area contributed by atoms with Crippen molar-refractivity contribution >= 4 is 78.3 Å². The lowest BCUT2D eigenvalue weighted by atomic mass is 9.32. The van der Waals surface area contributed by atoms with Gasteiger partial charge in [0.05, 0.1) is 16.6 Å². The molecule has 0 N–H and O–H groups in total. The van der Waals surface area contributed by atoms with Gasteiger partial charge in [0, 0.05) is 38.6 Å². The minimum Gasteiger partial charge on any atom is -0.312 e. The van der Waals surface area contributed by atoms with E-state index in [9.17, 15) is 9.59 Å². The highest BCUT2D eigenvalue weighted by atomic mass is 16.1. The molecule has 2 aliphatic rings. The van der Waals surface area contributed by atoms with Gasteiger partial charge in [0.25, 0.3) is 0 Å². The summed E-state index contributed by atoms with van der Waals surface area (Å²) in [6.45, 7) is 0.00200. The molecule has 4 heterocycles. The summed E-state index contributed by atoms with van der Waals surface area (Å²) in [4.78, 5) is 30.5. The highest BCUT2D eigenvalue weighted by Crippen LogP contribution is 2.38. The molecule has 4 nitrogen and oxygen atoms in total. The highest BCUT2D eigenvalue weighted by Gasteiger charge is 2.40. The standard InChI is InChI=1S/C39H23BN2O2/c43-38-25-13-4-6-17-31(25)42-33-21-20-29-28(35(33)39(44)27-15-9-14-26(38)37(27)42)22-23-10-8-19-34-36(23)40(29)30-16-5-7-18-32(30)41(34)24-11-2-1-3-12-24/h1-21H,22H2. The molecule has 0 aliphatic carbocycles. The number of para-hydroxylation sites is 4. The summed E-state index contributed by atoms with van der Waals surface area (Å²) >= 11 is 0. The van der Waals surface area contributed by atoms with Gasteiger partial charge in [-0.15, -0.1) is 0 Å². The van der Waals surface area contributed by atoms with E-state index < -0.39 is 0 Å². The van der Waals surface area contributed by atoms with Crippen LogP contribution >= 0.6 is 0 Å². The van der Waals surface area contributed by atoms with Crippen LogP contribution in [0.5, 0.6) is 0 Å². The first-order valence-corrected chi connectivity index (χ1v) is 15.0. The van der Waals surface area contributed by atoms with Crippen LogP contribution in [0, 0.1) is 0 Å². The molecule has 6 aromatic carbocycles. The van der Waals surface area contributed by atoms with Crippen molar-refractivity contribution in [3.63, 3.8) is 0 Å². The third kappa shape index (κ3) is 2.89. The van der Waals surface area contributed by atoms with Crippen molar-refractivity contribution in [3.05, 3.63) is 159 Å². The second-order valence-corrected chi connectivity index (χ2v) is 11.9. The summed E-state index contributed by atoms with van der Waals surface area (Å²) in [5.41, 5.74) is 11.8. The highest BCUT2D eigenvalue weighted by molar-refractivity contribution is 6.99. The number of benzene rings is 6. The number of hydrogen-bond donors (Lipinski definition) is 0. The van der Waals surface area contributed by atoms with Crippen LogP contribution in [0.25, 0.3) is 38.1 Å². The molecule has 8 aromatic rings. The molecule has 0 fully saturated rings. The van der Waals surface area contributed by atoms with Crippen LogP contribution in [0.4, 0.5) is 17.1 Å². The minimum atomic E-state index is -0.0360. The first kappa shape index (κ1) is 23.8. The van der Waals surface area contributed by atoms with Crippen molar-refractivity contribution in [2.45, 2.75) is 6.42 Å². The zero-order chi connectivity index (χ0) is 29.1. The van der Waals surface area contributed by atoms with Crippen molar-refractivity contribution in [2.75, 3.05) is 4.90 Å². The maximum atomic E-state index is 14.6. The number of hydrogen-bond acceptors (Lipinski definition) is 3. The van der Waals surface area contributed by atoms with Crippen molar-refractivity contribution in [1.29, 1.82) is 0 Å². The van der Waals surface area contributed by atoms with Gasteiger partial charge in [0.1, 0.15) is 0 Å². The average Bonchev–Trinajstić information content (AvgIpc) is 3.08. The van der Waals surface area contributed by atoms with E-state index in [1.165, 1.54) is 27.6 Å². The molecule has 5 heteroatoms. The largest absolute Gasteiger partial charge is 0.312 e. The topological polar surface area (TPSA) is 41.8 Å². The quantitative estimate of drug-likeness (QED) is 0.145. The van der Waals surface area contributed by atoms with Crippen molar-refractivity contribution < 1.29 is 0 Å². The number of rotatable bonds is 1. The zero-order valence-corrected chi connectivity index (χ0v) is 23.6. The van der Waals surface area contributed by atoms with Crippen LogP contribution in [0.15, 0.2) is 137 Å². The predicted octanol–water partition coefficient (Wildman–Crippen LogP) is 5.76. The molecule has 204 valence electrons. The Morgan fingerprint density at radius 3 is 2.14 bits per heavy atom. The summed E-state index contributed by atoms with van der Waals surface area (Å²) in [6, 6.07) is 43.4. The Morgan fingerprint density at radius 1 is 0.545 bits per heavy atom. The molecule has 0 unspecified atom stereocenters.